The molecule has 0 bridgehead atoms. The number of ether oxygens (including phenoxy) is 1. The zero-order chi connectivity index (χ0) is 11.5. The van der Waals surface area contributed by atoms with E-state index in [1.165, 1.54) is 6.07 Å². The van der Waals surface area contributed by atoms with Crippen LogP contribution in [0.3, 0.4) is 0 Å². The van der Waals surface area contributed by atoms with E-state index in [1.54, 1.807) is 6.07 Å². The molecule has 1 fully saturated rings. The SMILES string of the molecule is N[C@@H]1CCC[C@H]1OCc1ccc(Br)cc1F. The largest absolute Gasteiger partial charge is 0.372 e. The van der Waals surface area contributed by atoms with E-state index in [-0.39, 0.29) is 18.0 Å². The van der Waals surface area contributed by atoms with Gasteiger partial charge in [-0.2, -0.15) is 0 Å². The highest BCUT2D eigenvalue weighted by Gasteiger charge is 2.24. The van der Waals surface area contributed by atoms with E-state index in [2.05, 4.69) is 15.9 Å². The first-order valence-electron chi connectivity index (χ1n) is 5.48. The zero-order valence-electron chi connectivity index (χ0n) is 8.96. The Morgan fingerprint density at radius 2 is 2.25 bits per heavy atom. The van der Waals surface area contributed by atoms with Gasteiger partial charge in [0.25, 0.3) is 0 Å². The van der Waals surface area contributed by atoms with E-state index in [0.29, 0.717) is 12.2 Å². The van der Waals surface area contributed by atoms with Gasteiger partial charge in [-0.1, -0.05) is 22.0 Å². The Morgan fingerprint density at radius 1 is 1.44 bits per heavy atom. The van der Waals surface area contributed by atoms with Crippen LogP contribution in [0.5, 0.6) is 0 Å². The molecule has 1 aliphatic carbocycles. The maximum Gasteiger partial charge on any atom is 0.129 e. The van der Waals surface area contributed by atoms with Crippen molar-refractivity contribution in [3.8, 4) is 0 Å². The summed E-state index contributed by atoms with van der Waals surface area (Å²) in [6, 6.07) is 5.11. The van der Waals surface area contributed by atoms with Gasteiger partial charge in [0.1, 0.15) is 5.82 Å². The van der Waals surface area contributed by atoms with Crippen LogP contribution >= 0.6 is 15.9 Å². The predicted molar refractivity (Wildman–Crippen MR) is 64.5 cm³/mol. The van der Waals surface area contributed by atoms with Gasteiger partial charge >= 0.3 is 0 Å². The lowest BCUT2D eigenvalue weighted by Gasteiger charge is -2.16. The van der Waals surface area contributed by atoms with Gasteiger partial charge in [0.15, 0.2) is 0 Å². The molecule has 0 heterocycles. The van der Waals surface area contributed by atoms with Gasteiger partial charge in [-0.15, -0.1) is 0 Å². The number of hydrogen-bond acceptors (Lipinski definition) is 2. The molecule has 2 N–H and O–H groups in total. The predicted octanol–water partition coefficient (Wildman–Crippen LogP) is 2.98. The highest BCUT2D eigenvalue weighted by Crippen LogP contribution is 2.22. The number of rotatable bonds is 3. The summed E-state index contributed by atoms with van der Waals surface area (Å²) in [5.74, 6) is -0.235. The topological polar surface area (TPSA) is 35.2 Å². The number of halogens is 2. The van der Waals surface area contributed by atoms with Crippen LogP contribution in [0.15, 0.2) is 22.7 Å². The third kappa shape index (κ3) is 2.81. The second kappa shape index (κ2) is 5.25. The second-order valence-corrected chi connectivity index (χ2v) is 5.10. The molecule has 0 radical (unpaired) electrons. The van der Waals surface area contributed by atoms with Crippen LogP contribution in [0.25, 0.3) is 0 Å². The standard InChI is InChI=1S/C12H15BrFNO/c13-9-5-4-8(10(14)6-9)7-16-12-3-1-2-11(12)15/h4-6,11-12H,1-3,7,15H2/t11-,12-/m1/s1. The molecule has 0 saturated heterocycles. The molecular formula is C12H15BrFNO. The Bertz CT molecular complexity index is 372. The molecule has 0 spiro atoms. The van der Waals surface area contributed by atoms with Crippen LogP contribution in [-0.2, 0) is 11.3 Å². The third-order valence-corrected chi connectivity index (χ3v) is 3.46. The normalized spacial score (nSPS) is 24.9. The molecular weight excluding hydrogens is 273 g/mol. The Balaban J connectivity index is 1.94. The van der Waals surface area contributed by atoms with E-state index >= 15 is 0 Å². The minimum Gasteiger partial charge on any atom is -0.372 e. The van der Waals surface area contributed by atoms with Crippen molar-refractivity contribution >= 4 is 15.9 Å². The molecule has 0 unspecified atom stereocenters. The number of hydrogen-bond donors (Lipinski definition) is 1. The van der Waals surface area contributed by atoms with Crippen LogP contribution in [0.4, 0.5) is 4.39 Å². The Hall–Kier alpha value is -0.450. The van der Waals surface area contributed by atoms with Crippen molar-refractivity contribution in [2.45, 2.75) is 38.0 Å². The molecule has 16 heavy (non-hydrogen) atoms. The molecule has 0 amide bonds. The van der Waals surface area contributed by atoms with Crippen molar-refractivity contribution in [3.05, 3.63) is 34.1 Å². The van der Waals surface area contributed by atoms with Crippen LogP contribution in [0, 0.1) is 5.82 Å². The molecule has 0 aromatic heterocycles. The highest BCUT2D eigenvalue weighted by molar-refractivity contribution is 9.10. The fourth-order valence-electron chi connectivity index (χ4n) is 2.00. The van der Waals surface area contributed by atoms with Crippen molar-refractivity contribution < 1.29 is 9.13 Å². The summed E-state index contributed by atoms with van der Waals surface area (Å²) in [6.45, 7) is 0.303. The smallest absolute Gasteiger partial charge is 0.129 e. The van der Waals surface area contributed by atoms with Crippen molar-refractivity contribution in [2.24, 2.45) is 5.73 Å². The molecule has 2 atom stereocenters. The maximum absolute atomic E-state index is 13.5. The third-order valence-electron chi connectivity index (χ3n) is 2.97. The summed E-state index contributed by atoms with van der Waals surface area (Å²) in [5.41, 5.74) is 6.46. The van der Waals surface area contributed by atoms with Gasteiger partial charge in [-0.25, -0.2) is 4.39 Å². The molecule has 1 aromatic rings. The van der Waals surface area contributed by atoms with Crippen LogP contribution in [0.2, 0.25) is 0 Å². The van der Waals surface area contributed by atoms with Crippen LogP contribution in [0.1, 0.15) is 24.8 Å². The molecule has 0 aliphatic heterocycles. The lowest BCUT2D eigenvalue weighted by molar-refractivity contribution is 0.0342. The van der Waals surface area contributed by atoms with Gasteiger partial charge in [0.05, 0.1) is 12.7 Å². The quantitative estimate of drug-likeness (QED) is 0.928. The lowest BCUT2D eigenvalue weighted by Crippen LogP contribution is -2.31. The Kier molecular flexibility index (Phi) is 3.95. The maximum atomic E-state index is 13.5. The average molecular weight is 288 g/mol. The lowest BCUT2D eigenvalue weighted by atomic mass is 10.2. The summed E-state index contributed by atoms with van der Waals surface area (Å²) in [4.78, 5) is 0. The van der Waals surface area contributed by atoms with Crippen molar-refractivity contribution in [1.29, 1.82) is 0 Å². The van der Waals surface area contributed by atoms with Crippen molar-refractivity contribution in [2.75, 3.05) is 0 Å². The summed E-state index contributed by atoms with van der Waals surface area (Å²) in [7, 11) is 0. The monoisotopic (exact) mass is 287 g/mol. The first kappa shape index (κ1) is 12.0. The minimum absolute atomic E-state index is 0.0862. The Labute approximate surface area is 103 Å². The van der Waals surface area contributed by atoms with E-state index < -0.39 is 0 Å². The van der Waals surface area contributed by atoms with Gasteiger partial charge in [0.2, 0.25) is 0 Å². The fourth-order valence-corrected chi connectivity index (χ4v) is 2.33. The van der Waals surface area contributed by atoms with E-state index in [9.17, 15) is 4.39 Å². The molecule has 4 heteroatoms. The summed E-state index contributed by atoms with van der Waals surface area (Å²) in [5, 5.41) is 0. The Morgan fingerprint density at radius 3 is 2.88 bits per heavy atom. The molecule has 1 aromatic carbocycles. The number of nitrogens with two attached hydrogens (primary N) is 1. The molecule has 1 aliphatic rings. The highest BCUT2D eigenvalue weighted by atomic mass is 79.9. The van der Waals surface area contributed by atoms with Gasteiger partial charge in [-0.3, -0.25) is 0 Å². The van der Waals surface area contributed by atoms with E-state index in [4.69, 9.17) is 10.5 Å². The van der Waals surface area contributed by atoms with Crippen LogP contribution < -0.4 is 5.73 Å². The van der Waals surface area contributed by atoms with E-state index in [1.807, 2.05) is 6.07 Å². The van der Waals surface area contributed by atoms with Gasteiger partial charge in [0, 0.05) is 16.1 Å². The van der Waals surface area contributed by atoms with Crippen molar-refractivity contribution in [1.82, 2.24) is 0 Å². The minimum atomic E-state index is -0.235. The molecule has 2 nitrogen and oxygen atoms in total. The van der Waals surface area contributed by atoms with Crippen LogP contribution in [-0.4, -0.2) is 12.1 Å². The molecule has 88 valence electrons. The van der Waals surface area contributed by atoms with E-state index in [0.717, 1.165) is 23.7 Å². The molecule has 2 rings (SSSR count). The first-order valence-corrected chi connectivity index (χ1v) is 6.27. The molecule has 1 saturated carbocycles. The zero-order valence-corrected chi connectivity index (χ0v) is 10.5. The number of benzene rings is 1. The summed E-state index contributed by atoms with van der Waals surface area (Å²) in [6.07, 6.45) is 3.18. The average Bonchev–Trinajstić information content (AvgIpc) is 2.63. The first-order chi connectivity index (χ1) is 7.66. The van der Waals surface area contributed by atoms with Gasteiger partial charge in [-0.05, 0) is 31.4 Å². The summed E-state index contributed by atoms with van der Waals surface area (Å²) < 4.78 is 19.9. The second-order valence-electron chi connectivity index (χ2n) is 4.18. The fraction of sp³-hybridized carbons (Fsp3) is 0.500. The van der Waals surface area contributed by atoms with Crippen molar-refractivity contribution in [3.63, 3.8) is 0 Å². The van der Waals surface area contributed by atoms with Gasteiger partial charge < -0.3 is 10.5 Å². The summed E-state index contributed by atoms with van der Waals surface area (Å²) >= 11 is 3.22.